The molecule has 1 rings (SSSR count). The Bertz CT molecular complexity index is 382. The summed E-state index contributed by atoms with van der Waals surface area (Å²) < 4.78 is 0. The Kier molecular flexibility index (Phi) is 5.61. The van der Waals surface area contributed by atoms with Crippen LogP contribution in [0.5, 0.6) is 0 Å². The second-order valence-corrected chi connectivity index (χ2v) is 7.58. The monoisotopic (exact) mass is 299 g/mol. The molecule has 122 valence electrons. The summed E-state index contributed by atoms with van der Waals surface area (Å²) in [5.74, 6) is -1.01. The number of rotatable bonds is 4. The molecule has 0 aromatic heterocycles. The predicted octanol–water partition coefficient (Wildman–Crippen LogP) is 1.52. The van der Waals surface area contributed by atoms with Crippen molar-refractivity contribution in [1.82, 2.24) is 15.5 Å². The largest absolute Gasteiger partial charge is 0.480 e. The van der Waals surface area contributed by atoms with Gasteiger partial charge in [0.25, 0.3) is 0 Å². The Labute approximate surface area is 127 Å². The van der Waals surface area contributed by atoms with Crippen molar-refractivity contribution in [2.75, 3.05) is 26.7 Å². The average Bonchev–Trinajstić information content (AvgIpc) is 2.36. The summed E-state index contributed by atoms with van der Waals surface area (Å²) in [6, 6.07) is -1.31. The van der Waals surface area contributed by atoms with E-state index in [2.05, 4.69) is 29.5 Å². The summed E-state index contributed by atoms with van der Waals surface area (Å²) >= 11 is 0. The molecule has 0 saturated carbocycles. The van der Waals surface area contributed by atoms with E-state index in [0.717, 1.165) is 25.9 Å². The molecule has 0 radical (unpaired) electrons. The van der Waals surface area contributed by atoms with Crippen LogP contribution in [0.4, 0.5) is 4.79 Å². The number of aliphatic carboxylic acids is 1. The van der Waals surface area contributed by atoms with Gasteiger partial charge in [-0.1, -0.05) is 27.7 Å². The third kappa shape index (κ3) is 5.53. The fourth-order valence-electron chi connectivity index (χ4n) is 2.46. The van der Waals surface area contributed by atoms with Crippen LogP contribution >= 0.6 is 0 Å². The average molecular weight is 299 g/mol. The molecule has 0 aliphatic carbocycles. The van der Waals surface area contributed by atoms with Crippen LogP contribution in [-0.2, 0) is 4.79 Å². The zero-order valence-corrected chi connectivity index (χ0v) is 13.8. The molecule has 21 heavy (non-hydrogen) atoms. The highest BCUT2D eigenvalue weighted by Crippen LogP contribution is 2.29. The van der Waals surface area contributed by atoms with E-state index in [9.17, 15) is 14.7 Å². The van der Waals surface area contributed by atoms with Gasteiger partial charge in [-0.15, -0.1) is 0 Å². The molecule has 2 amide bonds. The summed E-state index contributed by atoms with van der Waals surface area (Å²) in [6.45, 7) is 10.2. The summed E-state index contributed by atoms with van der Waals surface area (Å²) in [7, 11) is 2.10. The molecule has 3 N–H and O–H groups in total. The van der Waals surface area contributed by atoms with Gasteiger partial charge in [-0.3, -0.25) is 0 Å². The van der Waals surface area contributed by atoms with E-state index in [1.54, 1.807) is 20.8 Å². The number of hydrogen-bond acceptors (Lipinski definition) is 3. The molecule has 6 heteroatoms. The van der Waals surface area contributed by atoms with E-state index < -0.39 is 23.5 Å². The predicted molar refractivity (Wildman–Crippen MR) is 82.3 cm³/mol. The van der Waals surface area contributed by atoms with Gasteiger partial charge < -0.3 is 20.6 Å². The molecule has 0 bridgehead atoms. The molecule has 0 spiro atoms. The maximum Gasteiger partial charge on any atom is 0.326 e. The van der Waals surface area contributed by atoms with Crippen LogP contribution in [0.25, 0.3) is 0 Å². The maximum atomic E-state index is 12.0. The number of carbonyl (C=O) groups excluding carboxylic acids is 1. The zero-order valence-electron chi connectivity index (χ0n) is 13.8. The molecular weight excluding hydrogens is 270 g/mol. The summed E-state index contributed by atoms with van der Waals surface area (Å²) in [4.78, 5) is 25.5. The molecule has 1 atom stereocenters. The third-order valence-corrected chi connectivity index (χ3v) is 4.26. The van der Waals surface area contributed by atoms with E-state index in [4.69, 9.17) is 0 Å². The highest BCUT2D eigenvalue weighted by molar-refractivity contribution is 5.83. The van der Waals surface area contributed by atoms with Crippen LogP contribution in [0.3, 0.4) is 0 Å². The summed E-state index contributed by atoms with van der Waals surface area (Å²) in [5, 5.41) is 14.6. The molecule has 0 aromatic carbocycles. The molecule has 1 fully saturated rings. The first-order valence-electron chi connectivity index (χ1n) is 7.49. The van der Waals surface area contributed by atoms with Crippen LogP contribution in [0, 0.1) is 10.8 Å². The minimum Gasteiger partial charge on any atom is -0.480 e. The number of hydrogen-bond donors (Lipinski definition) is 3. The third-order valence-electron chi connectivity index (χ3n) is 4.26. The molecule has 6 nitrogen and oxygen atoms in total. The van der Waals surface area contributed by atoms with Gasteiger partial charge in [-0.25, -0.2) is 9.59 Å². The quantitative estimate of drug-likeness (QED) is 0.735. The van der Waals surface area contributed by atoms with Crippen molar-refractivity contribution < 1.29 is 14.7 Å². The first kappa shape index (κ1) is 17.8. The van der Waals surface area contributed by atoms with Gasteiger partial charge in [0.15, 0.2) is 0 Å². The van der Waals surface area contributed by atoms with Gasteiger partial charge in [0.05, 0.1) is 0 Å². The normalized spacial score (nSPS) is 20.6. The number of nitrogens with zero attached hydrogens (tertiary/aromatic N) is 1. The van der Waals surface area contributed by atoms with E-state index in [-0.39, 0.29) is 5.41 Å². The molecular formula is C15H29N3O3. The highest BCUT2D eigenvalue weighted by Gasteiger charge is 2.33. The van der Waals surface area contributed by atoms with Crippen LogP contribution < -0.4 is 10.6 Å². The molecule has 1 saturated heterocycles. The Morgan fingerprint density at radius 2 is 1.81 bits per heavy atom. The zero-order chi connectivity index (χ0) is 16.3. The van der Waals surface area contributed by atoms with Crippen molar-refractivity contribution >= 4 is 12.0 Å². The van der Waals surface area contributed by atoms with Gasteiger partial charge in [0.2, 0.25) is 0 Å². The van der Waals surface area contributed by atoms with Crippen LogP contribution in [0.1, 0.15) is 40.5 Å². The fraction of sp³-hybridized carbons (Fsp3) is 0.867. The second kappa shape index (κ2) is 6.64. The van der Waals surface area contributed by atoms with E-state index in [0.29, 0.717) is 6.54 Å². The lowest BCUT2D eigenvalue weighted by molar-refractivity contribution is -0.141. The van der Waals surface area contributed by atoms with Crippen molar-refractivity contribution in [3.8, 4) is 0 Å². The van der Waals surface area contributed by atoms with E-state index in [1.165, 1.54) is 0 Å². The minimum absolute atomic E-state index is 0.0876. The molecule has 0 aromatic rings. The number of likely N-dealkylation sites (tertiary alicyclic amines) is 1. The number of nitrogens with one attached hydrogen (secondary N) is 2. The van der Waals surface area contributed by atoms with Gasteiger partial charge in [-0.2, -0.15) is 0 Å². The van der Waals surface area contributed by atoms with Crippen LogP contribution in [-0.4, -0.2) is 54.7 Å². The Hall–Kier alpha value is -1.30. The first-order valence-corrected chi connectivity index (χ1v) is 7.49. The van der Waals surface area contributed by atoms with E-state index in [1.807, 2.05) is 0 Å². The lowest BCUT2D eigenvalue weighted by atomic mass is 9.80. The molecule has 0 unspecified atom stereocenters. The maximum absolute atomic E-state index is 12.0. The van der Waals surface area contributed by atoms with Gasteiger partial charge in [0, 0.05) is 6.54 Å². The van der Waals surface area contributed by atoms with Gasteiger partial charge in [-0.05, 0) is 43.8 Å². The van der Waals surface area contributed by atoms with Gasteiger partial charge in [0.1, 0.15) is 6.04 Å². The number of carbonyl (C=O) groups is 2. The van der Waals surface area contributed by atoms with Crippen LogP contribution in [0.2, 0.25) is 0 Å². The Morgan fingerprint density at radius 3 is 2.24 bits per heavy atom. The lowest BCUT2D eigenvalue weighted by Gasteiger charge is -2.38. The van der Waals surface area contributed by atoms with Crippen molar-refractivity contribution in [1.29, 1.82) is 0 Å². The molecule has 1 aliphatic heterocycles. The summed E-state index contributed by atoms with van der Waals surface area (Å²) in [5.41, 5.74) is -0.440. The smallest absolute Gasteiger partial charge is 0.326 e. The Balaban J connectivity index is 2.48. The second-order valence-electron chi connectivity index (χ2n) is 7.58. The molecule has 1 heterocycles. The fourth-order valence-corrected chi connectivity index (χ4v) is 2.46. The number of carboxylic acids is 1. The Morgan fingerprint density at radius 1 is 1.29 bits per heavy atom. The minimum atomic E-state index is -1.01. The topological polar surface area (TPSA) is 81.7 Å². The van der Waals surface area contributed by atoms with Gasteiger partial charge >= 0.3 is 12.0 Å². The van der Waals surface area contributed by atoms with Crippen molar-refractivity contribution in [2.45, 2.75) is 46.6 Å². The van der Waals surface area contributed by atoms with Crippen molar-refractivity contribution in [3.63, 3.8) is 0 Å². The first-order chi connectivity index (χ1) is 9.53. The number of urea groups is 1. The van der Waals surface area contributed by atoms with Crippen LogP contribution in [0.15, 0.2) is 0 Å². The highest BCUT2D eigenvalue weighted by atomic mass is 16.4. The molecule has 1 aliphatic rings. The summed E-state index contributed by atoms with van der Waals surface area (Å²) in [6.07, 6.45) is 2.07. The van der Waals surface area contributed by atoms with Crippen molar-refractivity contribution in [3.05, 3.63) is 0 Å². The standard InChI is InChI=1S/C15H29N3O3/c1-14(2,3)11(12(19)20)17-13(21)16-10-15(4)6-8-18(5)9-7-15/h11H,6-10H2,1-5H3,(H,19,20)(H2,16,17,21)/t11-/m1/s1. The lowest BCUT2D eigenvalue weighted by Crippen LogP contribution is -2.54. The van der Waals surface area contributed by atoms with E-state index >= 15 is 0 Å². The SMILES string of the molecule is CN1CCC(C)(CNC(=O)N[C@H](C(=O)O)C(C)(C)C)CC1. The number of carboxylic acid groups (broad SMARTS) is 1. The number of piperidine rings is 1. The van der Waals surface area contributed by atoms with Crippen molar-refractivity contribution in [2.24, 2.45) is 10.8 Å². The number of amides is 2.